The smallest absolute Gasteiger partial charge is 0.236 e. The summed E-state index contributed by atoms with van der Waals surface area (Å²) in [6, 6.07) is 2.05. The highest BCUT2D eigenvalue weighted by atomic mass is 32.1. The van der Waals surface area contributed by atoms with Crippen molar-refractivity contribution in [1.82, 2.24) is 10.2 Å². The number of thiophene rings is 1. The standard InChI is InChI=1S/C11H18N2OS/c1-3-5-12-7-11(14)13(2)8-10-4-6-15-9-10/h4,6,9,12H,3,5,7-8H2,1-2H3. The molecule has 3 nitrogen and oxygen atoms in total. The molecule has 0 saturated heterocycles. The van der Waals surface area contributed by atoms with Crippen molar-refractivity contribution in [3.8, 4) is 0 Å². The minimum atomic E-state index is 0.148. The van der Waals surface area contributed by atoms with E-state index in [-0.39, 0.29) is 5.91 Å². The third kappa shape index (κ3) is 4.44. The predicted octanol–water partition coefficient (Wildman–Crippen LogP) is 1.71. The van der Waals surface area contributed by atoms with Crippen molar-refractivity contribution in [3.05, 3.63) is 22.4 Å². The molecular formula is C11H18N2OS. The fraction of sp³-hybridized carbons (Fsp3) is 0.545. The van der Waals surface area contributed by atoms with Crippen LogP contribution in [0, 0.1) is 0 Å². The Morgan fingerprint density at radius 2 is 2.40 bits per heavy atom. The highest BCUT2D eigenvalue weighted by Crippen LogP contribution is 2.08. The topological polar surface area (TPSA) is 32.3 Å². The van der Waals surface area contributed by atoms with Gasteiger partial charge in [-0.15, -0.1) is 0 Å². The van der Waals surface area contributed by atoms with E-state index < -0.39 is 0 Å². The molecule has 1 N–H and O–H groups in total. The van der Waals surface area contributed by atoms with Gasteiger partial charge in [-0.25, -0.2) is 0 Å². The van der Waals surface area contributed by atoms with E-state index >= 15 is 0 Å². The zero-order valence-electron chi connectivity index (χ0n) is 9.32. The molecule has 15 heavy (non-hydrogen) atoms. The second-order valence-corrected chi connectivity index (χ2v) is 4.34. The second-order valence-electron chi connectivity index (χ2n) is 3.56. The van der Waals surface area contributed by atoms with Crippen LogP contribution in [0.5, 0.6) is 0 Å². The molecule has 0 bridgehead atoms. The highest BCUT2D eigenvalue weighted by Gasteiger charge is 2.08. The number of nitrogens with one attached hydrogen (secondary N) is 1. The summed E-state index contributed by atoms with van der Waals surface area (Å²) in [5.74, 6) is 0.148. The van der Waals surface area contributed by atoms with Crippen LogP contribution in [0.25, 0.3) is 0 Å². The van der Waals surface area contributed by atoms with E-state index in [0.29, 0.717) is 13.1 Å². The fourth-order valence-corrected chi connectivity index (χ4v) is 1.91. The lowest BCUT2D eigenvalue weighted by atomic mass is 10.3. The van der Waals surface area contributed by atoms with Crippen molar-refractivity contribution < 1.29 is 4.79 Å². The van der Waals surface area contributed by atoms with Crippen LogP contribution in [-0.4, -0.2) is 30.9 Å². The molecule has 0 atom stereocenters. The first-order chi connectivity index (χ1) is 7.24. The lowest BCUT2D eigenvalue weighted by molar-refractivity contribution is -0.129. The summed E-state index contributed by atoms with van der Waals surface area (Å²) in [5.41, 5.74) is 1.20. The third-order valence-electron chi connectivity index (χ3n) is 2.13. The maximum atomic E-state index is 11.6. The van der Waals surface area contributed by atoms with Crippen molar-refractivity contribution in [2.24, 2.45) is 0 Å². The Balaban J connectivity index is 2.27. The van der Waals surface area contributed by atoms with Crippen LogP contribution in [0.4, 0.5) is 0 Å². The van der Waals surface area contributed by atoms with Gasteiger partial charge in [0, 0.05) is 13.6 Å². The molecule has 0 aliphatic carbocycles. The SMILES string of the molecule is CCCNCC(=O)N(C)Cc1ccsc1. The van der Waals surface area contributed by atoms with E-state index in [1.54, 1.807) is 16.2 Å². The molecular weight excluding hydrogens is 208 g/mol. The third-order valence-corrected chi connectivity index (χ3v) is 2.86. The summed E-state index contributed by atoms with van der Waals surface area (Å²) in [4.78, 5) is 13.4. The van der Waals surface area contributed by atoms with E-state index in [9.17, 15) is 4.79 Å². The minimum Gasteiger partial charge on any atom is -0.340 e. The van der Waals surface area contributed by atoms with Crippen LogP contribution >= 0.6 is 11.3 Å². The number of likely N-dealkylation sites (N-methyl/N-ethyl adjacent to an activating group) is 1. The van der Waals surface area contributed by atoms with Gasteiger partial charge in [0.2, 0.25) is 5.91 Å². The molecule has 0 saturated carbocycles. The van der Waals surface area contributed by atoms with E-state index in [0.717, 1.165) is 13.0 Å². The molecule has 1 aromatic rings. The predicted molar refractivity (Wildman–Crippen MR) is 64.0 cm³/mol. The quantitative estimate of drug-likeness (QED) is 0.749. The van der Waals surface area contributed by atoms with Crippen molar-refractivity contribution in [2.45, 2.75) is 19.9 Å². The fourth-order valence-electron chi connectivity index (χ4n) is 1.25. The van der Waals surface area contributed by atoms with Crippen LogP contribution in [0.2, 0.25) is 0 Å². The van der Waals surface area contributed by atoms with Gasteiger partial charge in [-0.3, -0.25) is 4.79 Å². The van der Waals surface area contributed by atoms with Crippen LogP contribution in [0.3, 0.4) is 0 Å². The summed E-state index contributed by atoms with van der Waals surface area (Å²) in [5, 5.41) is 7.21. The van der Waals surface area contributed by atoms with E-state index in [4.69, 9.17) is 0 Å². The minimum absolute atomic E-state index is 0.148. The van der Waals surface area contributed by atoms with Gasteiger partial charge < -0.3 is 10.2 Å². The van der Waals surface area contributed by atoms with Gasteiger partial charge in [0.05, 0.1) is 6.54 Å². The average Bonchev–Trinajstić information content (AvgIpc) is 2.70. The number of hydrogen-bond acceptors (Lipinski definition) is 3. The van der Waals surface area contributed by atoms with Crippen LogP contribution in [0.1, 0.15) is 18.9 Å². The maximum absolute atomic E-state index is 11.6. The molecule has 1 amide bonds. The van der Waals surface area contributed by atoms with Crippen molar-refractivity contribution in [2.75, 3.05) is 20.1 Å². The molecule has 0 aliphatic heterocycles. The molecule has 0 radical (unpaired) electrons. The summed E-state index contributed by atoms with van der Waals surface area (Å²) in [7, 11) is 1.84. The summed E-state index contributed by atoms with van der Waals surface area (Å²) in [6.45, 7) is 4.13. The second kappa shape index (κ2) is 6.58. The molecule has 84 valence electrons. The summed E-state index contributed by atoms with van der Waals surface area (Å²) in [6.07, 6.45) is 1.06. The van der Waals surface area contributed by atoms with E-state index in [2.05, 4.69) is 17.6 Å². The molecule has 0 aliphatic rings. The maximum Gasteiger partial charge on any atom is 0.236 e. The number of amides is 1. The molecule has 0 aromatic carbocycles. The normalized spacial score (nSPS) is 10.3. The number of rotatable bonds is 6. The lowest BCUT2D eigenvalue weighted by Gasteiger charge is -2.16. The van der Waals surface area contributed by atoms with Gasteiger partial charge in [-0.2, -0.15) is 11.3 Å². The largest absolute Gasteiger partial charge is 0.340 e. The first-order valence-electron chi connectivity index (χ1n) is 5.19. The highest BCUT2D eigenvalue weighted by molar-refractivity contribution is 7.07. The number of nitrogens with zero attached hydrogens (tertiary/aromatic N) is 1. The van der Waals surface area contributed by atoms with Crippen molar-refractivity contribution in [1.29, 1.82) is 0 Å². The average molecular weight is 226 g/mol. The van der Waals surface area contributed by atoms with Crippen LogP contribution in [-0.2, 0) is 11.3 Å². The van der Waals surface area contributed by atoms with E-state index in [1.807, 2.05) is 18.5 Å². The monoisotopic (exact) mass is 226 g/mol. The Kier molecular flexibility index (Phi) is 5.36. The summed E-state index contributed by atoms with van der Waals surface area (Å²) < 4.78 is 0. The van der Waals surface area contributed by atoms with Gasteiger partial charge >= 0.3 is 0 Å². The van der Waals surface area contributed by atoms with Gasteiger partial charge in [0.1, 0.15) is 0 Å². The first kappa shape index (κ1) is 12.2. The first-order valence-corrected chi connectivity index (χ1v) is 6.14. The van der Waals surface area contributed by atoms with E-state index in [1.165, 1.54) is 5.56 Å². The Morgan fingerprint density at radius 1 is 1.60 bits per heavy atom. The number of hydrogen-bond donors (Lipinski definition) is 1. The van der Waals surface area contributed by atoms with Crippen LogP contribution in [0.15, 0.2) is 16.8 Å². The Labute approximate surface area is 95.1 Å². The molecule has 1 aromatic heterocycles. The zero-order valence-corrected chi connectivity index (χ0v) is 10.1. The van der Waals surface area contributed by atoms with Crippen LogP contribution < -0.4 is 5.32 Å². The van der Waals surface area contributed by atoms with Gasteiger partial charge in [-0.05, 0) is 35.4 Å². The zero-order chi connectivity index (χ0) is 11.1. The molecule has 1 heterocycles. The van der Waals surface area contributed by atoms with Gasteiger partial charge in [-0.1, -0.05) is 6.92 Å². The Bertz CT molecular complexity index is 285. The summed E-state index contributed by atoms with van der Waals surface area (Å²) >= 11 is 1.66. The van der Waals surface area contributed by atoms with Crippen molar-refractivity contribution >= 4 is 17.2 Å². The number of carbonyl (C=O) groups excluding carboxylic acids is 1. The Morgan fingerprint density at radius 3 is 3.00 bits per heavy atom. The lowest BCUT2D eigenvalue weighted by Crippen LogP contribution is -2.35. The Hall–Kier alpha value is -0.870. The molecule has 1 rings (SSSR count). The molecule has 0 spiro atoms. The van der Waals surface area contributed by atoms with Gasteiger partial charge in [0.25, 0.3) is 0 Å². The van der Waals surface area contributed by atoms with Crippen molar-refractivity contribution in [3.63, 3.8) is 0 Å². The molecule has 0 fully saturated rings. The van der Waals surface area contributed by atoms with Gasteiger partial charge in [0.15, 0.2) is 0 Å². The number of carbonyl (C=O) groups is 1. The molecule has 4 heteroatoms. The molecule has 0 unspecified atom stereocenters.